The van der Waals surface area contributed by atoms with Gasteiger partial charge in [-0.2, -0.15) is 0 Å². The average molecular weight is 436 g/mol. The highest BCUT2D eigenvalue weighted by Gasteiger charge is 2.63. The molecule has 0 N–H and O–H groups in total. The van der Waals surface area contributed by atoms with Gasteiger partial charge in [0, 0.05) is 22.9 Å². The van der Waals surface area contributed by atoms with Crippen LogP contribution in [0.5, 0.6) is 0 Å². The third-order valence-corrected chi connectivity index (χ3v) is 15.6. The van der Waals surface area contributed by atoms with Crippen LogP contribution in [0.25, 0.3) is 0 Å². The number of rotatable bonds is 3. The van der Waals surface area contributed by atoms with E-state index in [0.29, 0.717) is 23.4 Å². The number of hydrogen-bond donors (Lipinski definition) is 0. The Morgan fingerprint density at radius 3 is 2.20 bits per heavy atom. The predicted octanol–water partition coefficient (Wildman–Crippen LogP) is 7.06. The zero-order valence-corrected chi connectivity index (χ0v) is 21.5. The summed E-state index contributed by atoms with van der Waals surface area (Å²) in [7, 11) is -1.72. The Bertz CT molecular complexity index is 688. The van der Waals surface area contributed by atoms with Gasteiger partial charge in [-0.3, -0.25) is 10.1 Å². The maximum Gasteiger partial charge on any atom is 0.218 e. The molecule has 0 saturated heterocycles. The quantitative estimate of drug-likeness (QED) is 0.271. The molecular formula is C25H45NO3Si. The second kappa shape index (κ2) is 7.30. The third kappa shape index (κ3) is 3.41. The molecule has 3 unspecified atom stereocenters. The zero-order valence-electron chi connectivity index (χ0n) is 20.5. The highest BCUT2D eigenvalue weighted by Crippen LogP contribution is 2.66. The van der Waals surface area contributed by atoms with Gasteiger partial charge in [0.25, 0.3) is 0 Å². The summed E-state index contributed by atoms with van der Waals surface area (Å²) in [6.07, 6.45) is 11.0. The van der Waals surface area contributed by atoms with Gasteiger partial charge in [0.1, 0.15) is 0 Å². The van der Waals surface area contributed by atoms with Crippen LogP contribution >= 0.6 is 0 Å². The van der Waals surface area contributed by atoms with Crippen LogP contribution in [0, 0.1) is 44.6 Å². The molecular weight excluding hydrogens is 390 g/mol. The van der Waals surface area contributed by atoms with Crippen LogP contribution in [0.15, 0.2) is 0 Å². The fourth-order valence-corrected chi connectivity index (χ4v) is 9.64. The number of fused-ring (bicyclic) bond motifs is 5. The van der Waals surface area contributed by atoms with Crippen molar-refractivity contribution in [2.75, 3.05) is 0 Å². The van der Waals surface area contributed by atoms with Gasteiger partial charge in [0.2, 0.25) is 6.04 Å². The van der Waals surface area contributed by atoms with E-state index in [2.05, 4.69) is 47.7 Å². The molecule has 4 aliphatic rings. The molecule has 0 amide bonds. The van der Waals surface area contributed by atoms with E-state index < -0.39 is 8.32 Å². The smallest absolute Gasteiger partial charge is 0.218 e. The fourth-order valence-electron chi connectivity index (χ4n) is 8.24. The lowest BCUT2D eigenvalue weighted by molar-refractivity contribution is -0.540. The largest absolute Gasteiger partial charge is 0.414 e. The van der Waals surface area contributed by atoms with Crippen molar-refractivity contribution in [2.45, 2.75) is 123 Å². The Morgan fingerprint density at radius 2 is 1.57 bits per heavy atom. The lowest BCUT2D eigenvalue weighted by atomic mass is 9.45. The van der Waals surface area contributed by atoms with E-state index in [1.54, 1.807) is 0 Å². The average Bonchev–Trinajstić information content (AvgIpc) is 2.98. The number of hydrogen-bond acceptors (Lipinski definition) is 3. The first kappa shape index (κ1) is 22.8. The summed E-state index contributed by atoms with van der Waals surface area (Å²) in [6, 6.07) is -0.303. The minimum Gasteiger partial charge on any atom is -0.414 e. The standard InChI is InChI=1S/C25H45NO3Si/c1-23(2,3)30(6,7)29-18-12-14-24(4)17(16-18)8-9-19-20-10-11-22(26(27)28)25(20,5)15-13-21(19)24/h17-22H,8-16H2,1-7H3/t17?,18?,19-,20-,21+,22?,24-,25-/m0/s1. The second-order valence-corrected chi connectivity index (χ2v) is 18.1. The Kier molecular flexibility index (Phi) is 5.54. The Morgan fingerprint density at radius 1 is 0.933 bits per heavy atom. The first-order valence-electron chi connectivity index (χ1n) is 12.6. The number of nitro groups is 1. The van der Waals surface area contributed by atoms with E-state index in [-0.39, 0.29) is 21.4 Å². The first-order chi connectivity index (χ1) is 13.8. The van der Waals surface area contributed by atoms with Crippen LogP contribution in [0.4, 0.5) is 0 Å². The van der Waals surface area contributed by atoms with E-state index >= 15 is 0 Å². The predicted molar refractivity (Wildman–Crippen MR) is 125 cm³/mol. The van der Waals surface area contributed by atoms with Gasteiger partial charge in [-0.1, -0.05) is 34.6 Å². The Balaban J connectivity index is 1.48. The molecule has 0 radical (unpaired) electrons. The summed E-state index contributed by atoms with van der Waals surface area (Å²) in [5, 5.41) is 12.0. The van der Waals surface area contributed by atoms with Crippen LogP contribution in [0.1, 0.15) is 92.4 Å². The summed E-state index contributed by atoms with van der Waals surface area (Å²) in [6.45, 7) is 16.7. The van der Waals surface area contributed by atoms with Gasteiger partial charge in [-0.15, -0.1) is 0 Å². The molecule has 4 nitrogen and oxygen atoms in total. The zero-order chi connectivity index (χ0) is 22.1. The lowest BCUT2D eigenvalue weighted by Crippen LogP contribution is -2.56. The van der Waals surface area contributed by atoms with Crippen molar-refractivity contribution in [1.29, 1.82) is 0 Å². The van der Waals surface area contributed by atoms with Crippen molar-refractivity contribution in [3.05, 3.63) is 10.1 Å². The fraction of sp³-hybridized carbons (Fsp3) is 1.00. The van der Waals surface area contributed by atoms with Crippen LogP contribution in [0.3, 0.4) is 0 Å². The van der Waals surface area contributed by atoms with Crippen molar-refractivity contribution in [1.82, 2.24) is 0 Å². The molecule has 30 heavy (non-hydrogen) atoms. The summed E-state index contributed by atoms with van der Waals surface area (Å²) >= 11 is 0. The molecule has 5 heteroatoms. The molecule has 0 aromatic carbocycles. The van der Waals surface area contributed by atoms with Crippen molar-refractivity contribution < 1.29 is 9.35 Å². The van der Waals surface area contributed by atoms with Gasteiger partial charge in [0.15, 0.2) is 8.32 Å². The van der Waals surface area contributed by atoms with Gasteiger partial charge in [-0.25, -0.2) is 0 Å². The second-order valence-electron chi connectivity index (χ2n) is 13.4. The maximum absolute atomic E-state index is 11.7. The van der Waals surface area contributed by atoms with E-state index in [1.807, 2.05) is 0 Å². The molecule has 0 aromatic rings. The molecule has 172 valence electrons. The summed E-state index contributed by atoms with van der Waals surface area (Å²) in [5.41, 5.74) is 0.362. The van der Waals surface area contributed by atoms with Gasteiger partial charge < -0.3 is 4.43 Å². The molecule has 0 aliphatic heterocycles. The highest BCUT2D eigenvalue weighted by atomic mass is 28.4. The molecule has 0 heterocycles. The molecule has 0 aromatic heterocycles. The molecule has 4 rings (SSSR count). The van der Waals surface area contributed by atoms with Crippen LogP contribution in [-0.4, -0.2) is 25.4 Å². The first-order valence-corrected chi connectivity index (χ1v) is 15.5. The van der Waals surface area contributed by atoms with Crippen molar-refractivity contribution in [3.63, 3.8) is 0 Å². The molecule has 4 aliphatic carbocycles. The summed E-state index contributed by atoms with van der Waals surface area (Å²) in [4.78, 5) is 11.8. The van der Waals surface area contributed by atoms with Gasteiger partial charge >= 0.3 is 0 Å². The van der Waals surface area contributed by atoms with Gasteiger partial charge in [-0.05, 0) is 98.6 Å². The summed E-state index contributed by atoms with van der Waals surface area (Å²) < 4.78 is 6.86. The monoisotopic (exact) mass is 435 g/mol. The maximum atomic E-state index is 11.7. The molecule has 4 saturated carbocycles. The number of nitrogens with zero attached hydrogens (tertiary/aromatic N) is 1. The van der Waals surface area contributed by atoms with Crippen LogP contribution < -0.4 is 0 Å². The van der Waals surface area contributed by atoms with Crippen LogP contribution in [0.2, 0.25) is 18.1 Å². The minimum atomic E-state index is -1.72. The summed E-state index contributed by atoms with van der Waals surface area (Å²) in [5.74, 6) is 2.84. The van der Waals surface area contributed by atoms with E-state index in [4.69, 9.17) is 4.43 Å². The molecule has 0 bridgehead atoms. The van der Waals surface area contributed by atoms with Crippen molar-refractivity contribution in [2.24, 2.45) is 34.5 Å². The molecule has 8 atom stereocenters. The van der Waals surface area contributed by atoms with E-state index in [9.17, 15) is 10.1 Å². The Hall–Kier alpha value is -0.423. The van der Waals surface area contributed by atoms with E-state index in [0.717, 1.165) is 31.1 Å². The Labute approximate surface area is 185 Å². The molecule has 0 spiro atoms. The lowest BCUT2D eigenvalue weighted by Gasteiger charge is -2.60. The SMILES string of the molecule is CC(C)(C)[Si](C)(C)OC1CC[C@@]2(C)C(CC[C@@H]3[C@H]2CC[C@]2(C)C([N+](=O)[O-])CC[C@@H]32)C1. The van der Waals surface area contributed by atoms with Crippen LogP contribution in [-0.2, 0) is 4.43 Å². The normalized spacial score (nSPS) is 46.6. The van der Waals surface area contributed by atoms with E-state index in [1.165, 1.54) is 38.5 Å². The van der Waals surface area contributed by atoms with Gasteiger partial charge in [0.05, 0.1) is 0 Å². The minimum absolute atomic E-state index is 0.0527. The molecule has 4 fully saturated rings. The third-order valence-electron chi connectivity index (χ3n) is 11.1. The van der Waals surface area contributed by atoms with Crippen molar-refractivity contribution >= 4 is 8.32 Å². The topological polar surface area (TPSA) is 52.4 Å². The van der Waals surface area contributed by atoms with Crippen molar-refractivity contribution in [3.8, 4) is 0 Å². The highest BCUT2D eigenvalue weighted by molar-refractivity contribution is 6.74.